The van der Waals surface area contributed by atoms with E-state index in [0.717, 1.165) is 0 Å². The Hall–Kier alpha value is -3.86. The second-order valence-electron chi connectivity index (χ2n) is 7.97. The normalized spacial score (nSPS) is 19.3. The van der Waals surface area contributed by atoms with Gasteiger partial charge in [-0.2, -0.15) is 5.26 Å². The Kier molecular flexibility index (Phi) is 5.57. The first-order valence-corrected chi connectivity index (χ1v) is 10.6. The van der Waals surface area contributed by atoms with Crippen LogP contribution in [0.3, 0.4) is 0 Å². The summed E-state index contributed by atoms with van der Waals surface area (Å²) in [5.41, 5.74) is 1.09. The lowest BCUT2D eigenvalue weighted by atomic mass is 9.98. The molecule has 2 aliphatic heterocycles. The summed E-state index contributed by atoms with van der Waals surface area (Å²) in [6, 6.07) is 13.9. The fourth-order valence-electron chi connectivity index (χ4n) is 4.45. The molecule has 1 fully saturated rings. The number of anilines is 2. The fraction of sp³-hybridized carbons (Fsp3) is 0.333. The van der Waals surface area contributed by atoms with Crippen LogP contribution in [0.2, 0.25) is 0 Å². The van der Waals surface area contributed by atoms with Gasteiger partial charge in [-0.15, -0.1) is 0 Å². The van der Waals surface area contributed by atoms with E-state index in [0.29, 0.717) is 47.7 Å². The maximum absolute atomic E-state index is 13.3. The number of carbonyl (C=O) groups is 3. The van der Waals surface area contributed by atoms with Gasteiger partial charge in [0.15, 0.2) is 0 Å². The molecule has 1 atom stereocenters. The van der Waals surface area contributed by atoms with Crippen LogP contribution < -0.4 is 15.0 Å². The van der Waals surface area contributed by atoms with E-state index in [-0.39, 0.29) is 30.7 Å². The van der Waals surface area contributed by atoms with Gasteiger partial charge in [0.2, 0.25) is 11.8 Å². The summed E-state index contributed by atoms with van der Waals surface area (Å²) >= 11 is 0. The lowest BCUT2D eigenvalue weighted by Gasteiger charge is -2.48. The van der Waals surface area contributed by atoms with Gasteiger partial charge in [0, 0.05) is 19.4 Å². The van der Waals surface area contributed by atoms with E-state index in [1.54, 1.807) is 46.2 Å². The minimum Gasteiger partial charge on any atom is -0.492 e. The zero-order valence-corrected chi connectivity index (χ0v) is 18.1. The molecule has 0 saturated carbocycles. The van der Waals surface area contributed by atoms with Crippen molar-refractivity contribution in [3.8, 4) is 11.8 Å². The van der Waals surface area contributed by atoms with Gasteiger partial charge in [0.1, 0.15) is 11.4 Å². The van der Waals surface area contributed by atoms with Crippen LogP contribution in [-0.2, 0) is 9.59 Å². The van der Waals surface area contributed by atoms with Crippen molar-refractivity contribution in [3.05, 3.63) is 53.6 Å². The highest BCUT2D eigenvalue weighted by molar-refractivity contribution is 6.10. The van der Waals surface area contributed by atoms with Gasteiger partial charge in [-0.3, -0.25) is 19.3 Å². The van der Waals surface area contributed by atoms with E-state index < -0.39 is 5.66 Å². The van der Waals surface area contributed by atoms with Crippen LogP contribution in [0.4, 0.5) is 11.4 Å². The van der Waals surface area contributed by atoms with Gasteiger partial charge in [-0.05, 0) is 50.6 Å². The predicted octanol–water partition coefficient (Wildman–Crippen LogP) is 3.28. The van der Waals surface area contributed by atoms with Crippen molar-refractivity contribution in [3.63, 3.8) is 0 Å². The molecule has 1 saturated heterocycles. The topological polar surface area (TPSA) is 103 Å². The monoisotopic (exact) mass is 432 g/mol. The first-order valence-electron chi connectivity index (χ1n) is 10.6. The maximum atomic E-state index is 13.3. The van der Waals surface area contributed by atoms with Crippen molar-refractivity contribution >= 4 is 29.1 Å². The van der Waals surface area contributed by atoms with Crippen molar-refractivity contribution in [2.24, 2.45) is 0 Å². The molecule has 1 N–H and O–H groups in total. The number of nitrogens with zero attached hydrogens (tertiary/aromatic N) is 3. The number of hydrogen-bond donors (Lipinski definition) is 1. The van der Waals surface area contributed by atoms with E-state index in [9.17, 15) is 14.4 Å². The number of amides is 3. The molecule has 3 amide bonds. The third kappa shape index (κ3) is 3.56. The summed E-state index contributed by atoms with van der Waals surface area (Å²) in [6.07, 6.45) is 0.888. The number of rotatable bonds is 6. The summed E-state index contributed by atoms with van der Waals surface area (Å²) in [4.78, 5) is 42.0. The van der Waals surface area contributed by atoms with Gasteiger partial charge in [0.25, 0.3) is 5.91 Å². The number of nitrogens with one attached hydrogen (secondary N) is 1. The zero-order valence-electron chi connectivity index (χ0n) is 18.1. The van der Waals surface area contributed by atoms with E-state index in [1.807, 2.05) is 26.0 Å². The molecule has 0 radical (unpaired) electrons. The number of para-hydroxylation sites is 1. The lowest BCUT2D eigenvalue weighted by Crippen LogP contribution is -2.62. The number of carbonyl (C=O) groups excluding carboxylic acids is 3. The molecule has 1 unspecified atom stereocenters. The SMILES string of the molecule is CCOc1ccc(C#N)cc1NC(=O)CCN1C(=O)c2ccccc2N2C(=O)CCC12C. The summed E-state index contributed by atoms with van der Waals surface area (Å²) in [5, 5.41) is 11.9. The van der Waals surface area contributed by atoms with E-state index >= 15 is 0 Å². The average Bonchev–Trinajstić information content (AvgIpc) is 3.10. The first-order chi connectivity index (χ1) is 15.4. The predicted molar refractivity (Wildman–Crippen MR) is 118 cm³/mol. The molecule has 8 nitrogen and oxygen atoms in total. The van der Waals surface area contributed by atoms with Crippen molar-refractivity contribution in [1.82, 2.24) is 4.90 Å². The summed E-state index contributed by atoms with van der Waals surface area (Å²) < 4.78 is 5.54. The first kappa shape index (κ1) is 21.4. The fourth-order valence-corrected chi connectivity index (χ4v) is 4.45. The van der Waals surface area contributed by atoms with Crippen molar-refractivity contribution in [2.75, 3.05) is 23.4 Å². The maximum Gasteiger partial charge on any atom is 0.257 e. The zero-order chi connectivity index (χ0) is 22.9. The molecule has 164 valence electrons. The summed E-state index contributed by atoms with van der Waals surface area (Å²) in [6.45, 7) is 4.27. The third-order valence-electron chi connectivity index (χ3n) is 5.99. The van der Waals surface area contributed by atoms with Crippen LogP contribution in [0.25, 0.3) is 0 Å². The molecule has 2 heterocycles. The van der Waals surface area contributed by atoms with Crippen molar-refractivity contribution in [1.29, 1.82) is 5.26 Å². The summed E-state index contributed by atoms with van der Waals surface area (Å²) in [7, 11) is 0. The molecule has 2 aliphatic rings. The number of ether oxygens (including phenoxy) is 1. The Balaban J connectivity index is 1.54. The van der Waals surface area contributed by atoms with Crippen molar-refractivity contribution in [2.45, 2.75) is 38.8 Å². The molecule has 32 heavy (non-hydrogen) atoms. The molecule has 0 spiro atoms. The Labute approximate surface area is 186 Å². The van der Waals surface area contributed by atoms with Gasteiger partial charge < -0.3 is 15.0 Å². The van der Waals surface area contributed by atoms with Crippen LogP contribution >= 0.6 is 0 Å². The number of benzene rings is 2. The molecule has 0 aromatic heterocycles. The second-order valence-corrected chi connectivity index (χ2v) is 7.97. The highest BCUT2D eigenvalue weighted by atomic mass is 16.5. The minimum absolute atomic E-state index is 0.0309. The highest BCUT2D eigenvalue weighted by Gasteiger charge is 2.52. The van der Waals surface area contributed by atoms with Crippen LogP contribution in [0.5, 0.6) is 5.75 Å². The van der Waals surface area contributed by atoms with E-state index in [2.05, 4.69) is 5.32 Å². The molecular weight excluding hydrogens is 408 g/mol. The number of hydrogen-bond acceptors (Lipinski definition) is 5. The standard InChI is InChI=1S/C24H24N4O4/c1-3-32-20-9-8-16(15-25)14-18(20)26-21(29)11-13-27-23(31)17-6-4-5-7-19(17)28-22(30)10-12-24(27,28)2/h4-9,14H,3,10-13H2,1-2H3,(H,26,29). The van der Waals surface area contributed by atoms with Gasteiger partial charge in [-0.1, -0.05) is 12.1 Å². The highest BCUT2D eigenvalue weighted by Crippen LogP contribution is 2.44. The molecular formula is C24H24N4O4. The lowest BCUT2D eigenvalue weighted by molar-refractivity contribution is -0.117. The minimum atomic E-state index is -0.806. The summed E-state index contributed by atoms with van der Waals surface area (Å²) in [5.74, 6) is -0.0607. The van der Waals surface area contributed by atoms with E-state index in [4.69, 9.17) is 10.00 Å². The number of fused-ring (bicyclic) bond motifs is 3. The number of nitriles is 1. The van der Waals surface area contributed by atoms with Crippen molar-refractivity contribution < 1.29 is 19.1 Å². The Bertz CT molecular complexity index is 1140. The van der Waals surface area contributed by atoms with E-state index in [1.165, 1.54) is 0 Å². The molecule has 4 rings (SSSR count). The third-order valence-corrected chi connectivity index (χ3v) is 5.99. The Morgan fingerprint density at radius 3 is 2.78 bits per heavy atom. The van der Waals surface area contributed by atoms with Crippen LogP contribution in [0.15, 0.2) is 42.5 Å². The van der Waals surface area contributed by atoms with Crippen LogP contribution in [0.1, 0.15) is 49.0 Å². The van der Waals surface area contributed by atoms with Crippen LogP contribution in [-0.4, -0.2) is 41.4 Å². The van der Waals surface area contributed by atoms with Gasteiger partial charge in [-0.25, -0.2) is 0 Å². The molecule has 0 bridgehead atoms. The molecule has 8 heteroatoms. The Morgan fingerprint density at radius 1 is 1.25 bits per heavy atom. The molecule has 2 aromatic carbocycles. The van der Waals surface area contributed by atoms with Gasteiger partial charge in [0.05, 0.1) is 35.2 Å². The smallest absolute Gasteiger partial charge is 0.257 e. The molecule has 2 aromatic rings. The quantitative estimate of drug-likeness (QED) is 0.755. The average molecular weight is 432 g/mol. The van der Waals surface area contributed by atoms with Gasteiger partial charge >= 0.3 is 0 Å². The van der Waals surface area contributed by atoms with Crippen LogP contribution in [0, 0.1) is 11.3 Å². The molecule has 0 aliphatic carbocycles. The largest absolute Gasteiger partial charge is 0.492 e. The second kappa shape index (κ2) is 8.35. The Morgan fingerprint density at radius 2 is 2.03 bits per heavy atom.